The number of hydrogen-bond acceptors (Lipinski definition) is 4. The number of hydrogen-bond donors (Lipinski definition) is 1. The maximum Gasteiger partial charge on any atom is 0.211 e. The van der Waals surface area contributed by atoms with Gasteiger partial charge in [0.05, 0.1) is 21.9 Å². The Bertz CT molecular complexity index is 1280. The third-order valence-corrected chi connectivity index (χ3v) is 8.05. The van der Waals surface area contributed by atoms with E-state index in [-0.39, 0.29) is 6.04 Å². The third-order valence-electron chi connectivity index (χ3n) is 6.15. The lowest BCUT2D eigenvalue weighted by Gasteiger charge is -2.29. The number of aryl methyl sites for hydroxylation is 2. The number of nitriles is 1. The normalized spacial score (nSPS) is 19.7. The summed E-state index contributed by atoms with van der Waals surface area (Å²) in [6, 6.07) is 6.36. The van der Waals surface area contributed by atoms with Crippen molar-refractivity contribution in [3.05, 3.63) is 52.4 Å². The zero-order chi connectivity index (χ0) is 21.6. The van der Waals surface area contributed by atoms with E-state index >= 15 is 0 Å². The van der Waals surface area contributed by atoms with Gasteiger partial charge in [-0.15, -0.1) is 0 Å². The van der Waals surface area contributed by atoms with Crippen LogP contribution in [0.25, 0.3) is 22.0 Å². The molecule has 4 rings (SSSR count). The predicted octanol–water partition coefficient (Wildman–Crippen LogP) is 4.62. The van der Waals surface area contributed by atoms with Gasteiger partial charge in [0.2, 0.25) is 10.0 Å². The van der Waals surface area contributed by atoms with Crippen LogP contribution in [-0.4, -0.2) is 23.2 Å². The fourth-order valence-electron chi connectivity index (χ4n) is 4.43. The van der Waals surface area contributed by atoms with Crippen LogP contribution in [0.4, 0.5) is 0 Å². The molecular weight excluding hydrogens is 420 g/mol. The molecule has 8 heteroatoms. The summed E-state index contributed by atoms with van der Waals surface area (Å²) < 4.78 is 25.7. The van der Waals surface area contributed by atoms with Gasteiger partial charge in [0.25, 0.3) is 0 Å². The lowest BCUT2D eigenvalue weighted by atomic mass is 9.94. The zero-order valence-electron chi connectivity index (χ0n) is 16.9. The van der Waals surface area contributed by atoms with Crippen LogP contribution in [0.1, 0.15) is 48.4 Å². The molecule has 0 saturated heterocycles. The van der Waals surface area contributed by atoms with Crippen molar-refractivity contribution >= 4 is 32.5 Å². The number of aromatic nitrogens is 2. The minimum atomic E-state index is -3.51. The molecule has 1 aliphatic carbocycles. The van der Waals surface area contributed by atoms with E-state index in [1.165, 1.54) is 0 Å². The Morgan fingerprint density at radius 2 is 1.83 bits per heavy atom. The number of nitrogens with two attached hydrogens (primary N) is 1. The zero-order valence-corrected chi connectivity index (χ0v) is 18.5. The molecular formula is C22H23ClN4O2S. The van der Waals surface area contributed by atoms with Gasteiger partial charge in [0, 0.05) is 46.7 Å². The molecule has 0 radical (unpaired) electrons. The molecule has 3 aromatic rings. The first-order valence-corrected chi connectivity index (χ1v) is 11.9. The smallest absolute Gasteiger partial charge is 0.211 e. The molecule has 6 nitrogen and oxygen atoms in total. The molecule has 30 heavy (non-hydrogen) atoms. The lowest BCUT2D eigenvalue weighted by Crippen LogP contribution is -2.32. The van der Waals surface area contributed by atoms with Crippen LogP contribution in [-0.2, 0) is 10.0 Å². The Hall–Kier alpha value is -2.40. The molecule has 0 bridgehead atoms. The average Bonchev–Trinajstić information content (AvgIpc) is 3.07. The second kappa shape index (κ2) is 7.69. The van der Waals surface area contributed by atoms with Crippen molar-refractivity contribution < 1.29 is 8.42 Å². The van der Waals surface area contributed by atoms with Crippen molar-refractivity contribution in [3.63, 3.8) is 0 Å². The van der Waals surface area contributed by atoms with Crippen LogP contribution in [0.2, 0.25) is 5.02 Å². The summed E-state index contributed by atoms with van der Waals surface area (Å²) in [5.74, 6) is 0. The van der Waals surface area contributed by atoms with E-state index < -0.39 is 15.3 Å². The maximum absolute atomic E-state index is 11.7. The molecule has 2 N–H and O–H groups in total. The fraction of sp³-hybridized carbons (Fsp3) is 0.364. The first-order valence-electron chi connectivity index (χ1n) is 9.88. The molecule has 1 aromatic carbocycles. The second-order valence-corrected chi connectivity index (χ2v) is 10.3. The van der Waals surface area contributed by atoms with Gasteiger partial charge >= 0.3 is 0 Å². The molecule has 2 aromatic heterocycles. The van der Waals surface area contributed by atoms with Gasteiger partial charge in [0.1, 0.15) is 0 Å². The Morgan fingerprint density at radius 3 is 2.47 bits per heavy atom. The highest BCUT2D eigenvalue weighted by Gasteiger charge is 2.30. The minimum absolute atomic E-state index is 0.156. The van der Waals surface area contributed by atoms with Crippen molar-refractivity contribution in [2.45, 2.75) is 50.8 Å². The van der Waals surface area contributed by atoms with Gasteiger partial charge in [-0.05, 0) is 62.8 Å². The van der Waals surface area contributed by atoms with E-state index in [1.807, 2.05) is 26.0 Å². The van der Waals surface area contributed by atoms with E-state index in [2.05, 4.69) is 21.8 Å². The van der Waals surface area contributed by atoms with E-state index in [9.17, 15) is 13.7 Å². The van der Waals surface area contributed by atoms with Gasteiger partial charge < -0.3 is 4.57 Å². The van der Waals surface area contributed by atoms with Crippen LogP contribution < -0.4 is 5.14 Å². The van der Waals surface area contributed by atoms with Crippen LogP contribution in [0, 0.1) is 25.2 Å². The molecule has 0 spiro atoms. The molecule has 0 atom stereocenters. The number of halogens is 1. The molecule has 0 amide bonds. The monoisotopic (exact) mass is 442 g/mol. The van der Waals surface area contributed by atoms with Gasteiger partial charge in [-0.1, -0.05) is 11.6 Å². The van der Waals surface area contributed by atoms with Gasteiger partial charge in [-0.25, -0.2) is 13.6 Å². The summed E-state index contributed by atoms with van der Waals surface area (Å²) in [5, 5.41) is 16.0. The van der Waals surface area contributed by atoms with E-state index in [0.29, 0.717) is 23.4 Å². The number of benzene rings is 1. The van der Waals surface area contributed by atoms with Crippen LogP contribution in [0.15, 0.2) is 30.7 Å². The molecule has 0 aliphatic heterocycles. The standard InChI is InChI=1S/C22H23ClN4O2S/c1-13-7-21-18(8-15(13)9-24)20(19-11-26-10-14(2)22(19)23)12-27(21)16-3-5-17(6-4-16)30(25,28)29/h7-8,10-12,16-17H,3-6H2,1-2H3,(H2,25,28,29). The van der Waals surface area contributed by atoms with Crippen LogP contribution in [0.3, 0.4) is 0 Å². The van der Waals surface area contributed by atoms with Gasteiger partial charge in [-0.3, -0.25) is 4.98 Å². The van der Waals surface area contributed by atoms with E-state index in [4.69, 9.17) is 16.7 Å². The van der Waals surface area contributed by atoms with Gasteiger partial charge in [-0.2, -0.15) is 5.26 Å². The van der Waals surface area contributed by atoms with Crippen molar-refractivity contribution in [1.29, 1.82) is 5.26 Å². The third kappa shape index (κ3) is 3.60. The Kier molecular flexibility index (Phi) is 5.35. The minimum Gasteiger partial charge on any atom is -0.344 e. The Morgan fingerprint density at radius 1 is 1.13 bits per heavy atom. The summed E-state index contributed by atoms with van der Waals surface area (Å²) >= 11 is 6.60. The summed E-state index contributed by atoms with van der Waals surface area (Å²) in [4.78, 5) is 4.31. The van der Waals surface area contributed by atoms with Crippen LogP contribution >= 0.6 is 11.6 Å². The predicted molar refractivity (Wildman–Crippen MR) is 119 cm³/mol. The number of pyridine rings is 1. The maximum atomic E-state index is 11.7. The number of rotatable bonds is 3. The first kappa shape index (κ1) is 20.9. The highest BCUT2D eigenvalue weighted by atomic mass is 35.5. The summed E-state index contributed by atoms with van der Waals surface area (Å²) in [5.41, 5.74) is 5.18. The van der Waals surface area contributed by atoms with E-state index in [1.54, 1.807) is 12.4 Å². The van der Waals surface area contributed by atoms with E-state index in [0.717, 1.165) is 46.0 Å². The second-order valence-electron chi connectivity index (χ2n) is 8.08. The van der Waals surface area contributed by atoms with Crippen molar-refractivity contribution in [3.8, 4) is 17.2 Å². The number of sulfonamides is 1. The SMILES string of the molecule is Cc1cc2c(cc1C#N)c(-c1cncc(C)c1Cl)cn2C1CCC(S(N)(=O)=O)CC1. The first-order chi connectivity index (χ1) is 14.2. The number of primary sulfonamides is 1. The highest BCUT2D eigenvalue weighted by molar-refractivity contribution is 7.89. The molecule has 0 unspecified atom stereocenters. The largest absolute Gasteiger partial charge is 0.344 e. The quantitative estimate of drug-likeness (QED) is 0.639. The molecule has 156 valence electrons. The van der Waals surface area contributed by atoms with Crippen molar-refractivity contribution in [2.24, 2.45) is 5.14 Å². The average molecular weight is 443 g/mol. The van der Waals surface area contributed by atoms with Crippen molar-refractivity contribution in [2.75, 3.05) is 0 Å². The number of nitrogens with zero attached hydrogens (tertiary/aromatic N) is 3. The topological polar surface area (TPSA) is 102 Å². The lowest BCUT2D eigenvalue weighted by molar-refractivity contribution is 0.359. The number of fused-ring (bicyclic) bond motifs is 1. The molecule has 1 aliphatic rings. The fourth-order valence-corrected chi connectivity index (χ4v) is 5.56. The Labute approximate surface area is 181 Å². The molecule has 2 heterocycles. The van der Waals surface area contributed by atoms with Crippen molar-refractivity contribution in [1.82, 2.24) is 9.55 Å². The highest BCUT2D eigenvalue weighted by Crippen LogP contribution is 2.41. The molecule has 1 saturated carbocycles. The Balaban J connectivity index is 1.86. The summed E-state index contributed by atoms with van der Waals surface area (Å²) in [6.45, 7) is 3.84. The summed E-state index contributed by atoms with van der Waals surface area (Å²) in [6.07, 6.45) is 8.07. The molecule has 1 fully saturated rings. The van der Waals surface area contributed by atoms with Crippen LogP contribution in [0.5, 0.6) is 0 Å². The van der Waals surface area contributed by atoms with Gasteiger partial charge in [0.15, 0.2) is 0 Å². The summed E-state index contributed by atoms with van der Waals surface area (Å²) in [7, 11) is -3.51.